The van der Waals surface area contributed by atoms with Gasteiger partial charge in [0, 0.05) is 31.1 Å². The number of nitrogens with zero attached hydrogens (tertiary/aromatic N) is 1. The molecule has 6 heteroatoms. The molecule has 140 valence electrons. The molecular formula is C21H22N2O4. The van der Waals surface area contributed by atoms with E-state index in [0.29, 0.717) is 30.6 Å². The Morgan fingerprint density at radius 2 is 1.81 bits per heavy atom. The van der Waals surface area contributed by atoms with Crippen LogP contribution in [0.4, 0.5) is 0 Å². The van der Waals surface area contributed by atoms with Crippen LogP contribution in [0.2, 0.25) is 0 Å². The first-order chi connectivity index (χ1) is 13.0. The molecule has 1 fully saturated rings. The van der Waals surface area contributed by atoms with E-state index in [4.69, 9.17) is 4.74 Å². The number of nitrogens with one attached hydrogen (secondary N) is 1. The zero-order chi connectivity index (χ0) is 19.4. The number of carbonyl (C=O) groups is 3. The molecule has 0 radical (unpaired) electrons. The highest BCUT2D eigenvalue weighted by Crippen LogP contribution is 2.25. The molecule has 27 heavy (non-hydrogen) atoms. The number of amides is 2. The average molecular weight is 366 g/mol. The monoisotopic (exact) mass is 366 g/mol. The Morgan fingerprint density at radius 1 is 1.11 bits per heavy atom. The van der Waals surface area contributed by atoms with Crippen LogP contribution in [0.25, 0.3) is 11.1 Å². The molecule has 1 N–H and O–H groups in total. The van der Waals surface area contributed by atoms with E-state index in [2.05, 4.69) is 5.32 Å². The Hall–Kier alpha value is -3.15. The fourth-order valence-corrected chi connectivity index (χ4v) is 3.19. The second-order valence-corrected chi connectivity index (χ2v) is 6.52. The summed E-state index contributed by atoms with van der Waals surface area (Å²) in [7, 11) is 1.35. The van der Waals surface area contributed by atoms with E-state index in [9.17, 15) is 14.4 Å². The van der Waals surface area contributed by atoms with Gasteiger partial charge < -0.3 is 15.0 Å². The lowest BCUT2D eigenvalue weighted by Crippen LogP contribution is -2.41. The number of methoxy groups -OCH3 is 1. The second-order valence-electron chi connectivity index (χ2n) is 6.52. The Labute approximate surface area is 158 Å². The number of benzene rings is 2. The van der Waals surface area contributed by atoms with Crippen molar-refractivity contribution in [3.63, 3.8) is 0 Å². The number of ether oxygens (including phenoxy) is 1. The fraction of sp³-hybridized carbons (Fsp3) is 0.286. The average Bonchev–Trinajstić information content (AvgIpc) is 2.88. The Morgan fingerprint density at radius 3 is 2.52 bits per heavy atom. The smallest absolute Gasteiger partial charge is 0.338 e. The molecule has 2 amide bonds. The Balaban J connectivity index is 1.85. The first-order valence-electron chi connectivity index (χ1n) is 8.86. The molecule has 1 aliphatic rings. The minimum absolute atomic E-state index is 0.0353. The van der Waals surface area contributed by atoms with Crippen LogP contribution in [0.15, 0.2) is 48.5 Å². The Bertz CT molecular complexity index is 861. The van der Waals surface area contributed by atoms with Crippen LogP contribution in [0.5, 0.6) is 0 Å². The molecule has 1 heterocycles. The third-order valence-corrected chi connectivity index (χ3v) is 4.74. The van der Waals surface area contributed by atoms with Crippen molar-refractivity contribution in [3.8, 4) is 11.1 Å². The van der Waals surface area contributed by atoms with Gasteiger partial charge in [0.2, 0.25) is 5.91 Å². The fourth-order valence-electron chi connectivity index (χ4n) is 3.19. The molecule has 1 saturated heterocycles. The van der Waals surface area contributed by atoms with Gasteiger partial charge in [0.05, 0.1) is 12.7 Å². The molecule has 1 atom stereocenters. The number of hydrogen-bond donors (Lipinski definition) is 1. The van der Waals surface area contributed by atoms with Gasteiger partial charge in [-0.05, 0) is 36.2 Å². The minimum Gasteiger partial charge on any atom is -0.465 e. The van der Waals surface area contributed by atoms with Crippen molar-refractivity contribution in [2.75, 3.05) is 20.2 Å². The Kier molecular flexibility index (Phi) is 5.54. The van der Waals surface area contributed by atoms with E-state index >= 15 is 0 Å². The van der Waals surface area contributed by atoms with Crippen molar-refractivity contribution in [1.82, 2.24) is 10.2 Å². The molecule has 2 aromatic rings. The van der Waals surface area contributed by atoms with Gasteiger partial charge in [-0.1, -0.05) is 30.3 Å². The van der Waals surface area contributed by atoms with Crippen molar-refractivity contribution < 1.29 is 19.1 Å². The zero-order valence-electron chi connectivity index (χ0n) is 15.4. The molecule has 3 rings (SSSR count). The van der Waals surface area contributed by atoms with Crippen LogP contribution in [0.1, 0.15) is 34.1 Å². The van der Waals surface area contributed by atoms with Crippen LogP contribution in [-0.4, -0.2) is 48.9 Å². The van der Waals surface area contributed by atoms with Crippen LogP contribution >= 0.6 is 0 Å². The summed E-state index contributed by atoms with van der Waals surface area (Å²) in [5.74, 6) is -0.542. The van der Waals surface area contributed by atoms with Gasteiger partial charge in [-0.2, -0.15) is 0 Å². The lowest BCUT2D eigenvalue weighted by molar-refractivity contribution is -0.120. The highest BCUT2D eigenvalue weighted by atomic mass is 16.5. The quantitative estimate of drug-likeness (QED) is 0.847. The summed E-state index contributed by atoms with van der Waals surface area (Å²) in [5.41, 5.74) is 2.61. The van der Waals surface area contributed by atoms with E-state index in [1.54, 1.807) is 29.2 Å². The van der Waals surface area contributed by atoms with E-state index in [1.165, 1.54) is 7.11 Å². The van der Waals surface area contributed by atoms with Gasteiger partial charge >= 0.3 is 5.97 Å². The molecule has 1 unspecified atom stereocenters. The molecule has 1 aliphatic heterocycles. The highest BCUT2D eigenvalue weighted by molar-refractivity contribution is 5.98. The van der Waals surface area contributed by atoms with E-state index < -0.39 is 5.97 Å². The summed E-state index contributed by atoms with van der Waals surface area (Å²) in [6, 6.07) is 14.3. The van der Waals surface area contributed by atoms with E-state index in [1.807, 2.05) is 31.2 Å². The molecule has 0 spiro atoms. The zero-order valence-corrected chi connectivity index (χ0v) is 15.4. The molecule has 0 aliphatic carbocycles. The number of rotatable bonds is 3. The van der Waals surface area contributed by atoms with Gasteiger partial charge in [0.1, 0.15) is 0 Å². The summed E-state index contributed by atoms with van der Waals surface area (Å²) in [5, 5.41) is 2.81. The summed E-state index contributed by atoms with van der Waals surface area (Å²) < 4.78 is 4.84. The van der Waals surface area contributed by atoms with Gasteiger partial charge in [-0.25, -0.2) is 4.79 Å². The third kappa shape index (κ3) is 4.00. The lowest BCUT2D eigenvalue weighted by Gasteiger charge is -2.26. The summed E-state index contributed by atoms with van der Waals surface area (Å²) in [6.07, 6.45) is 0.306. The maximum Gasteiger partial charge on any atom is 0.338 e. The van der Waals surface area contributed by atoms with Gasteiger partial charge in [0.15, 0.2) is 0 Å². The summed E-state index contributed by atoms with van der Waals surface area (Å²) in [4.78, 5) is 38.1. The van der Waals surface area contributed by atoms with Crippen LogP contribution in [0.3, 0.4) is 0 Å². The number of hydrogen-bond acceptors (Lipinski definition) is 4. The van der Waals surface area contributed by atoms with E-state index in [0.717, 1.165) is 11.1 Å². The van der Waals surface area contributed by atoms with Crippen molar-refractivity contribution in [2.24, 2.45) is 0 Å². The van der Waals surface area contributed by atoms with Crippen molar-refractivity contribution in [1.29, 1.82) is 0 Å². The molecule has 0 saturated carbocycles. The molecular weight excluding hydrogens is 344 g/mol. The van der Waals surface area contributed by atoms with Gasteiger partial charge in [-0.3, -0.25) is 9.59 Å². The topological polar surface area (TPSA) is 75.7 Å². The highest BCUT2D eigenvalue weighted by Gasteiger charge is 2.25. The normalized spacial score (nSPS) is 17.0. The van der Waals surface area contributed by atoms with Crippen molar-refractivity contribution >= 4 is 17.8 Å². The molecule has 0 aromatic heterocycles. The summed E-state index contributed by atoms with van der Waals surface area (Å²) >= 11 is 0. The molecule has 6 nitrogen and oxygen atoms in total. The standard InChI is InChI=1S/C21H22N2O4/c1-14-13-22-19(24)11-12-23(14)20(25)16-9-7-15(8-10-16)17-5-3-4-6-18(17)21(26)27-2/h3-10,14H,11-13H2,1-2H3,(H,22,24). The maximum atomic E-state index is 12.9. The number of carbonyl (C=O) groups excluding carboxylic acids is 3. The third-order valence-electron chi connectivity index (χ3n) is 4.74. The summed E-state index contributed by atoms with van der Waals surface area (Å²) in [6.45, 7) is 2.78. The predicted octanol–water partition coefficient (Wildman–Crippen LogP) is 2.49. The maximum absolute atomic E-state index is 12.9. The molecule has 0 bridgehead atoms. The second kappa shape index (κ2) is 8.03. The predicted molar refractivity (Wildman–Crippen MR) is 101 cm³/mol. The largest absolute Gasteiger partial charge is 0.465 e. The van der Waals surface area contributed by atoms with Crippen molar-refractivity contribution in [3.05, 3.63) is 59.7 Å². The lowest BCUT2D eigenvalue weighted by atomic mass is 9.98. The van der Waals surface area contributed by atoms with Crippen LogP contribution in [0, 0.1) is 0 Å². The van der Waals surface area contributed by atoms with Crippen LogP contribution < -0.4 is 5.32 Å². The van der Waals surface area contributed by atoms with Gasteiger partial charge in [0.25, 0.3) is 5.91 Å². The van der Waals surface area contributed by atoms with Crippen molar-refractivity contribution in [2.45, 2.75) is 19.4 Å². The van der Waals surface area contributed by atoms with Crippen LogP contribution in [-0.2, 0) is 9.53 Å². The van der Waals surface area contributed by atoms with Gasteiger partial charge in [-0.15, -0.1) is 0 Å². The first-order valence-corrected chi connectivity index (χ1v) is 8.86. The minimum atomic E-state index is -0.402. The SMILES string of the molecule is COC(=O)c1ccccc1-c1ccc(C(=O)N2CCC(=O)NCC2C)cc1. The number of esters is 1. The first kappa shape index (κ1) is 18.6. The van der Waals surface area contributed by atoms with E-state index in [-0.39, 0.29) is 17.9 Å². The molecule has 2 aromatic carbocycles.